The molecule has 16 heavy (non-hydrogen) atoms. The lowest BCUT2D eigenvalue weighted by atomic mass is 10.1. The smallest absolute Gasteiger partial charge is 0.339 e. The SMILES string of the molecule is COC(=O)c1cc2c(SC)c[nH]c2cc1Cl. The number of hydrogen-bond donors (Lipinski definition) is 1. The summed E-state index contributed by atoms with van der Waals surface area (Å²) < 4.78 is 4.68. The van der Waals surface area contributed by atoms with Crippen molar-refractivity contribution in [3.05, 3.63) is 28.9 Å². The number of carbonyl (C=O) groups excluding carboxylic acids is 1. The van der Waals surface area contributed by atoms with Crippen LogP contribution in [0.1, 0.15) is 10.4 Å². The summed E-state index contributed by atoms with van der Waals surface area (Å²) >= 11 is 7.61. The Balaban J connectivity index is 2.67. The molecule has 0 aliphatic rings. The summed E-state index contributed by atoms with van der Waals surface area (Å²) in [4.78, 5) is 15.7. The zero-order valence-electron chi connectivity index (χ0n) is 8.83. The predicted octanol–water partition coefficient (Wildman–Crippen LogP) is 3.33. The lowest BCUT2D eigenvalue weighted by molar-refractivity contribution is 0.0601. The summed E-state index contributed by atoms with van der Waals surface area (Å²) in [6, 6.07) is 3.49. The molecule has 0 bridgehead atoms. The number of halogens is 1. The first kappa shape index (κ1) is 11.4. The van der Waals surface area contributed by atoms with Gasteiger partial charge in [-0.2, -0.15) is 0 Å². The maximum atomic E-state index is 11.5. The van der Waals surface area contributed by atoms with Gasteiger partial charge in [-0.15, -0.1) is 11.8 Å². The Labute approximate surface area is 102 Å². The number of carbonyl (C=O) groups is 1. The first-order valence-electron chi connectivity index (χ1n) is 4.60. The summed E-state index contributed by atoms with van der Waals surface area (Å²) in [6.45, 7) is 0. The van der Waals surface area contributed by atoms with Gasteiger partial charge in [0.25, 0.3) is 0 Å². The van der Waals surface area contributed by atoms with Gasteiger partial charge in [0.1, 0.15) is 0 Å². The molecule has 2 aromatic rings. The lowest BCUT2D eigenvalue weighted by Gasteiger charge is -2.03. The number of benzene rings is 1. The second-order valence-corrected chi connectivity index (χ2v) is 4.48. The van der Waals surface area contributed by atoms with Gasteiger partial charge in [0.15, 0.2) is 0 Å². The lowest BCUT2D eigenvalue weighted by Crippen LogP contribution is -2.01. The molecule has 0 unspecified atom stereocenters. The van der Waals surface area contributed by atoms with Crippen LogP contribution in [0.15, 0.2) is 23.2 Å². The van der Waals surface area contributed by atoms with Crippen LogP contribution in [0, 0.1) is 0 Å². The summed E-state index contributed by atoms with van der Waals surface area (Å²) in [7, 11) is 1.34. The van der Waals surface area contributed by atoms with E-state index in [4.69, 9.17) is 11.6 Å². The normalized spacial score (nSPS) is 10.7. The minimum Gasteiger partial charge on any atom is -0.465 e. The van der Waals surface area contributed by atoms with Gasteiger partial charge in [-0.1, -0.05) is 11.6 Å². The highest BCUT2D eigenvalue weighted by molar-refractivity contribution is 7.98. The van der Waals surface area contributed by atoms with Crippen molar-refractivity contribution in [2.75, 3.05) is 13.4 Å². The second-order valence-electron chi connectivity index (χ2n) is 3.23. The molecule has 0 amide bonds. The molecule has 84 valence electrons. The number of thioether (sulfide) groups is 1. The Bertz CT molecular complexity index is 550. The molecule has 0 saturated carbocycles. The van der Waals surface area contributed by atoms with Crippen LogP contribution >= 0.6 is 23.4 Å². The summed E-state index contributed by atoms with van der Waals surface area (Å²) in [5.74, 6) is -0.417. The Morgan fingerprint density at radius 2 is 2.25 bits per heavy atom. The molecule has 0 fully saturated rings. The third-order valence-corrected chi connectivity index (χ3v) is 3.45. The molecule has 0 atom stereocenters. The number of aromatic amines is 1. The fourth-order valence-corrected chi connectivity index (χ4v) is 2.36. The minimum atomic E-state index is -0.417. The van der Waals surface area contributed by atoms with Gasteiger partial charge in [0.2, 0.25) is 0 Å². The van der Waals surface area contributed by atoms with Crippen molar-refractivity contribution in [3.8, 4) is 0 Å². The number of nitrogens with one attached hydrogen (secondary N) is 1. The van der Waals surface area contributed by atoms with Gasteiger partial charge in [-0.3, -0.25) is 0 Å². The van der Waals surface area contributed by atoms with Crippen molar-refractivity contribution in [2.45, 2.75) is 4.90 Å². The molecular formula is C11H10ClNO2S. The van der Waals surface area contributed by atoms with Crippen LogP contribution in [0.3, 0.4) is 0 Å². The van der Waals surface area contributed by atoms with Crippen LogP contribution in [0.4, 0.5) is 0 Å². The average molecular weight is 256 g/mol. The van der Waals surface area contributed by atoms with Crippen molar-refractivity contribution in [2.24, 2.45) is 0 Å². The molecule has 0 aliphatic heterocycles. The predicted molar refractivity (Wildman–Crippen MR) is 66.4 cm³/mol. The van der Waals surface area contributed by atoms with Gasteiger partial charge in [0, 0.05) is 22.0 Å². The quantitative estimate of drug-likeness (QED) is 0.661. The van der Waals surface area contributed by atoms with E-state index in [2.05, 4.69) is 9.72 Å². The first-order valence-corrected chi connectivity index (χ1v) is 6.20. The van der Waals surface area contributed by atoms with E-state index in [1.54, 1.807) is 23.9 Å². The summed E-state index contributed by atoms with van der Waals surface area (Å²) in [5.41, 5.74) is 1.31. The summed E-state index contributed by atoms with van der Waals surface area (Å²) in [5, 5.41) is 1.38. The molecule has 0 spiro atoms. The van der Waals surface area contributed by atoms with Crippen LogP contribution in [0.5, 0.6) is 0 Å². The van der Waals surface area contributed by atoms with Crippen LogP contribution in [0.25, 0.3) is 10.9 Å². The van der Waals surface area contributed by atoms with Gasteiger partial charge < -0.3 is 9.72 Å². The highest BCUT2D eigenvalue weighted by Crippen LogP contribution is 2.30. The van der Waals surface area contributed by atoms with E-state index in [0.717, 1.165) is 15.8 Å². The zero-order valence-corrected chi connectivity index (χ0v) is 10.4. The fourth-order valence-electron chi connectivity index (χ4n) is 1.55. The number of rotatable bonds is 2. The molecule has 1 heterocycles. The van der Waals surface area contributed by atoms with Gasteiger partial charge in [-0.25, -0.2) is 4.79 Å². The van der Waals surface area contributed by atoms with Crippen molar-refractivity contribution in [3.63, 3.8) is 0 Å². The Morgan fingerprint density at radius 3 is 2.88 bits per heavy atom. The number of ether oxygens (including phenoxy) is 1. The standard InChI is InChI=1S/C11H10ClNO2S/c1-15-11(14)6-3-7-9(4-8(6)12)13-5-10(7)16-2/h3-5,13H,1-2H3. The molecule has 1 aromatic heterocycles. The molecule has 3 nitrogen and oxygen atoms in total. The second kappa shape index (κ2) is 4.39. The minimum absolute atomic E-state index is 0.395. The number of methoxy groups -OCH3 is 1. The van der Waals surface area contributed by atoms with Gasteiger partial charge in [0.05, 0.1) is 17.7 Å². The third kappa shape index (κ3) is 1.79. The van der Waals surface area contributed by atoms with E-state index >= 15 is 0 Å². The first-order chi connectivity index (χ1) is 7.67. The van der Waals surface area contributed by atoms with Crippen molar-refractivity contribution >= 4 is 40.2 Å². The number of H-pyrrole nitrogens is 1. The van der Waals surface area contributed by atoms with Gasteiger partial charge >= 0.3 is 5.97 Å². The Morgan fingerprint density at radius 1 is 1.50 bits per heavy atom. The number of hydrogen-bond acceptors (Lipinski definition) is 3. The Kier molecular flexibility index (Phi) is 3.12. The van der Waals surface area contributed by atoms with Crippen LogP contribution in [-0.4, -0.2) is 24.3 Å². The van der Waals surface area contributed by atoms with E-state index in [9.17, 15) is 4.79 Å². The number of aromatic nitrogens is 1. The molecule has 0 radical (unpaired) electrons. The van der Waals surface area contributed by atoms with Crippen molar-refractivity contribution < 1.29 is 9.53 Å². The van der Waals surface area contributed by atoms with Crippen LogP contribution < -0.4 is 0 Å². The van der Waals surface area contributed by atoms with E-state index in [1.165, 1.54) is 7.11 Å². The van der Waals surface area contributed by atoms with Crippen molar-refractivity contribution in [1.82, 2.24) is 4.98 Å². The number of fused-ring (bicyclic) bond motifs is 1. The topological polar surface area (TPSA) is 42.1 Å². The molecule has 1 aromatic carbocycles. The maximum absolute atomic E-state index is 11.5. The molecule has 2 rings (SSSR count). The van der Waals surface area contributed by atoms with Gasteiger partial charge in [-0.05, 0) is 18.4 Å². The van der Waals surface area contributed by atoms with Crippen LogP contribution in [-0.2, 0) is 4.74 Å². The monoisotopic (exact) mass is 255 g/mol. The third-order valence-electron chi connectivity index (χ3n) is 2.36. The Hall–Kier alpha value is -1.13. The molecule has 0 aliphatic carbocycles. The molecular weight excluding hydrogens is 246 g/mol. The maximum Gasteiger partial charge on any atom is 0.339 e. The zero-order chi connectivity index (χ0) is 11.7. The van der Waals surface area contributed by atoms with Crippen molar-refractivity contribution in [1.29, 1.82) is 0 Å². The molecule has 5 heteroatoms. The highest BCUT2D eigenvalue weighted by atomic mass is 35.5. The van der Waals surface area contributed by atoms with E-state index in [1.807, 2.05) is 12.5 Å². The highest BCUT2D eigenvalue weighted by Gasteiger charge is 2.14. The van der Waals surface area contributed by atoms with Crippen LogP contribution in [0.2, 0.25) is 5.02 Å². The average Bonchev–Trinajstić information content (AvgIpc) is 2.68. The number of esters is 1. The largest absolute Gasteiger partial charge is 0.465 e. The van der Waals surface area contributed by atoms with E-state index in [-0.39, 0.29) is 0 Å². The molecule has 1 N–H and O–H groups in total. The van der Waals surface area contributed by atoms with E-state index in [0.29, 0.717) is 10.6 Å². The van der Waals surface area contributed by atoms with E-state index < -0.39 is 5.97 Å². The fraction of sp³-hybridized carbons (Fsp3) is 0.182. The summed E-state index contributed by atoms with van der Waals surface area (Å²) in [6.07, 6.45) is 3.88. The molecule has 0 saturated heterocycles.